The van der Waals surface area contributed by atoms with Crippen molar-refractivity contribution in [1.29, 1.82) is 0 Å². The standard InChI is InChI=1S/C14H23FN2O/c1-11(2)17(6-3-7-18)10-12-4-5-14(15)8-13(12)9-16/h4-5,8,11,18H,3,6-7,9-10,16H2,1-2H3. The molecule has 1 aromatic carbocycles. The zero-order valence-corrected chi connectivity index (χ0v) is 11.2. The molecule has 102 valence electrons. The van der Waals surface area contributed by atoms with Crippen molar-refractivity contribution in [2.45, 2.75) is 39.4 Å². The lowest BCUT2D eigenvalue weighted by atomic mass is 10.1. The Morgan fingerprint density at radius 1 is 1.33 bits per heavy atom. The SMILES string of the molecule is CC(C)N(CCCO)Cc1ccc(F)cc1CN. The van der Waals surface area contributed by atoms with Gasteiger partial charge in [-0.05, 0) is 43.5 Å². The second kappa shape index (κ2) is 7.46. The van der Waals surface area contributed by atoms with Crippen molar-refractivity contribution < 1.29 is 9.50 Å². The molecule has 0 spiro atoms. The summed E-state index contributed by atoms with van der Waals surface area (Å²) in [7, 11) is 0. The molecule has 0 saturated carbocycles. The van der Waals surface area contributed by atoms with Crippen LogP contribution in [0.2, 0.25) is 0 Å². The van der Waals surface area contributed by atoms with Crippen LogP contribution in [0.3, 0.4) is 0 Å². The number of nitrogens with zero attached hydrogens (tertiary/aromatic N) is 1. The summed E-state index contributed by atoms with van der Waals surface area (Å²) in [5.41, 5.74) is 7.56. The van der Waals surface area contributed by atoms with Crippen LogP contribution in [-0.2, 0) is 13.1 Å². The normalized spacial score (nSPS) is 11.5. The smallest absolute Gasteiger partial charge is 0.123 e. The topological polar surface area (TPSA) is 49.5 Å². The van der Waals surface area contributed by atoms with Gasteiger partial charge in [0.05, 0.1) is 0 Å². The number of nitrogens with two attached hydrogens (primary N) is 1. The summed E-state index contributed by atoms with van der Waals surface area (Å²) in [5.74, 6) is -0.245. The average molecular weight is 254 g/mol. The Morgan fingerprint density at radius 3 is 2.61 bits per heavy atom. The summed E-state index contributed by atoms with van der Waals surface area (Å²) in [6.45, 7) is 6.33. The maximum absolute atomic E-state index is 13.1. The molecular formula is C14H23FN2O. The van der Waals surface area contributed by atoms with Crippen LogP contribution < -0.4 is 5.73 Å². The fraction of sp³-hybridized carbons (Fsp3) is 0.571. The average Bonchev–Trinajstić information content (AvgIpc) is 2.35. The van der Waals surface area contributed by atoms with E-state index in [1.54, 1.807) is 6.07 Å². The second-order valence-electron chi connectivity index (χ2n) is 4.76. The minimum absolute atomic E-state index is 0.191. The van der Waals surface area contributed by atoms with E-state index in [2.05, 4.69) is 18.7 Å². The van der Waals surface area contributed by atoms with Crippen LogP contribution in [0.15, 0.2) is 18.2 Å². The Labute approximate surface area is 108 Å². The molecule has 0 heterocycles. The van der Waals surface area contributed by atoms with Crippen LogP contribution in [0, 0.1) is 5.82 Å². The molecular weight excluding hydrogens is 231 g/mol. The van der Waals surface area contributed by atoms with Gasteiger partial charge < -0.3 is 10.8 Å². The van der Waals surface area contributed by atoms with Crippen LogP contribution in [0.1, 0.15) is 31.4 Å². The molecule has 1 aromatic rings. The second-order valence-corrected chi connectivity index (χ2v) is 4.76. The van der Waals surface area contributed by atoms with Gasteiger partial charge in [0.2, 0.25) is 0 Å². The highest BCUT2D eigenvalue weighted by atomic mass is 19.1. The van der Waals surface area contributed by atoms with Crippen LogP contribution in [0.5, 0.6) is 0 Å². The number of halogens is 1. The van der Waals surface area contributed by atoms with Crippen molar-refractivity contribution in [3.8, 4) is 0 Å². The highest BCUT2D eigenvalue weighted by molar-refractivity contribution is 5.27. The number of hydrogen-bond acceptors (Lipinski definition) is 3. The summed E-state index contributed by atoms with van der Waals surface area (Å²) in [4.78, 5) is 2.25. The summed E-state index contributed by atoms with van der Waals surface area (Å²) in [6.07, 6.45) is 0.747. The lowest BCUT2D eigenvalue weighted by molar-refractivity contribution is 0.184. The van der Waals surface area contributed by atoms with Gasteiger partial charge in [0, 0.05) is 32.3 Å². The highest BCUT2D eigenvalue weighted by Crippen LogP contribution is 2.15. The summed E-state index contributed by atoms with van der Waals surface area (Å²) in [6, 6.07) is 5.15. The van der Waals surface area contributed by atoms with Crippen molar-refractivity contribution in [3.63, 3.8) is 0 Å². The van der Waals surface area contributed by atoms with Gasteiger partial charge in [-0.3, -0.25) is 4.90 Å². The zero-order chi connectivity index (χ0) is 13.5. The first-order chi connectivity index (χ1) is 8.58. The monoisotopic (exact) mass is 254 g/mol. The first-order valence-electron chi connectivity index (χ1n) is 6.40. The number of aliphatic hydroxyl groups excluding tert-OH is 1. The van der Waals surface area contributed by atoms with Gasteiger partial charge in [0.25, 0.3) is 0 Å². The molecule has 0 fully saturated rings. The van der Waals surface area contributed by atoms with Crippen molar-refractivity contribution >= 4 is 0 Å². The van der Waals surface area contributed by atoms with Gasteiger partial charge >= 0.3 is 0 Å². The zero-order valence-electron chi connectivity index (χ0n) is 11.2. The Kier molecular flexibility index (Phi) is 6.25. The van der Waals surface area contributed by atoms with Crippen molar-refractivity contribution in [1.82, 2.24) is 4.90 Å². The van der Waals surface area contributed by atoms with Crippen LogP contribution in [-0.4, -0.2) is 29.2 Å². The molecule has 4 heteroatoms. The molecule has 0 atom stereocenters. The van der Waals surface area contributed by atoms with E-state index in [0.29, 0.717) is 12.6 Å². The van der Waals surface area contributed by atoms with E-state index in [4.69, 9.17) is 10.8 Å². The van der Waals surface area contributed by atoms with Crippen molar-refractivity contribution in [2.24, 2.45) is 5.73 Å². The Morgan fingerprint density at radius 2 is 2.06 bits per heavy atom. The Hall–Kier alpha value is -0.970. The Bertz CT molecular complexity index is 369. The maximum Gasteiger partial charge on any atom is 0.123 e. The van der Waals surface area contributed by atoms with E-state index in [-0.39, 0.29) is 12.4 Å². The van der Waals surface area contributed by atoms with Gasteiger partial charge in [0.1, 0.15) is 5.82 Å². The predicted molar refractivity (Wildman–Crippen MR) is 71.5 cm³/mol. The summed E-state index contributed by atoms with van der Waals surface area (Å²) >= 11 is 0. The summed E-state index contributed by atoms with van der Waals surface area (Å²) < 4.78 is 13.1. The largest absolute Gasteiger partial charge is 0.396 e. The van der Waals surface area contributed by atoms with Crippen molar-refractivity contribution in [2.75, 3.05) is 13.2 Å². The molecule has 0 radical (unpaired) electrons. The summed E-state index contributed by atoms with van der Waals surface area (Å²) in [5, 5.41) is 8.90. The molecule has 0 aliphatic rings. The lowest BCUT2D eigenvalue weighted by Crippen LogP contribution is -2.32. The van der Waals surface area contributed by atoms with E-state index >= 15 is 0 Å². The van der Waals surface area contributed by atoms with Gasteiger partial charge in [0.15, 0.2) is 0 Å². The van der Waals surface area contributed by atoms with Crippen LogP contribution in [0.25, 0.3) is 0 Å². The van der Waals surface area contributed by atoms with Gasteiger partial charge in [-0.15, -0.1) is 0 Å². The molecule has 0 aromatic heterocycles. The predicted octanol–water partition coefficient (Wildman–Crippen LogP) is 1.88. The van der Waals surface area contributed by atoms with Crippen LogP contribution >= 0.6 is 0 Å². The van der Waals surface area contributed by atoms with E-state index in [0.717, 1.165) is 30.6 Å². The minimum Gasteiger partial charge on any atom is -0.396 e. The third kappa shape index (κ3) is 4.37. The van der Waals surface area contributed by atoms with E-state index in [1.807, 2.05) is 0 Å². The van der Waals surface area contributed by atoms with Crippen molar-refractivity contribution in [3.05, 3.63) is 35.1 Å². The molecule has 0 aliphatic carbocycles. The third-order valence-electron chi connectivity index (χ3n) is 3.10. The number of rotatable bonds is 7. The van der Waals surface area contributed by atoms with Gasteiger partial charge in [-0.25, -0.2) is 4.39 Å². The van der Waals surface area contributed by atoms with E-state index in [1.165, 1.54) is 12.1 Å². The lowest BCUT2D eigenvalue weighted by Gasteiger charge is -2.27. The molecule has 18 heavy (non-hydrogen) atoms. The fourth-order valence-corrected chi connectivity index (χ4v) is 1.95. The fourth-order valence-electron chi connectivity index (χ4n) is 1.95. The Balaban J connectivity index is 2.79. The number of hydrogen-bond donors (Lipinski definition) is 2. The maximum atomic E-state index is 13.1. The minimum atomic E-state index is -0.245. The molecule has 3 nitrogen and oxygen atoms in total. The first-order valence-corrected chi connectivity index (χ1v) is 6.40. The third-order valence-corrected chi connectivity index (χ3v) is 3.10. The van der Waals surface area contributed by atoms with Gasteiger partial charge in [-0.1, -0.05) is 6.07 Å². The molecule has 0 bridgehead atoms. The molecule has 0 unspecified atom stereocenters. The van der Waals surface area contributed by atoms with E-state index < -0.39 is 0 Å². The van der Waals surface area contributed by atoms with E-state index in [9.17, 15) is 4.39 Å². The molecule has 0 amide bonds. The molecule has 0 saturated heterocycles. The number of aliphatic hydroxyl groups is 1. The van der Waals surface area contributed by atoms with Crippen LogP contribution in [0.4, 0.5) is 4.39 Å². The molecule has 1 rings (SSSR count). The highest BCUT2D eigenvalue weighted by Gasteiger charge is 2.12. The molecule has 0 aliphatic heterocycles. The first kappa shape index (κ1) is 15.1. The van der Waals surface area contributed by atoms with Gasteiger partial charge in [-0.2, -0.15) is 0 Å². The quantitative estimate of drug-likeness (QED) is 0.781. The number of benzene rings is 1. The molecule has 3 N–H and O–H groups in total.